The lowest BCUT2D eigenvalue weighted by molar-refractivity contribution is -0.528. The second-order valence-electron chi connectivity index (χ2n) is 3.87. The van der Waals surface area contributed by atoms with E-state index in [2.05, 4.69) is 29.6 Å². The number of hydrogen-bond acceptors (Lipinski definition) is 9. The van der Waals surface area contributed by atoms with Crippen molar-refractivity contribution in [1.29, 1.82) is 0 Å². The molecular weight excluding hydrogens is 276 g/mol. The van der Waals surface area contributed by atoms with Crippen LogP contribution < -0.4 is 0 Å². The summed E-state index contributed by atoms with van der Waals surface area (Å²) in [6, 6.07) is 0. The van der Waals surface area contributed by atoms with Crippen LogP contribution in [-0.4, -0.2) is 45.8 Å². The van der Waals surface area contributed by atoms with Gasteiger partial charge in [-0.2, -0.15) is 14.6 Å². The fourth-order valence-electron chi connectivity index (χ4n) is 0.849. The predicted octanol–water partition coefficient (Wildman–Crippen LogP) is 1.72. The molecule has 0 aromatic rings. The van der Waals surface area contributed by atoms with Crippen LogP contribution in [0.1, 0.15) is 26.7 Å². The van der Waals surface area contributed by atoms with E-state index in [0.29, 0.717) is 12.8 Å². The molecule has 9 nitrogen and oxygen atoms in total. The molecule has 0 bridgehead atoms. The number of rotatable bonds is 12. The minimum Gasteiger partial charge on any atom is -0.382 e. The molecule has 0 spiro atoms. The van der Waals surface area contributed by atoms with E-state index in [1.165, 1.54) is 0 Å². The quantitative estimate of drug-likeness (QED) is 0.303. The highest BCUT2D eigenvalue weighted by Crippen LogP contribution is 1.98. The third-order valence-electron chi connectivity index (χ3n) is 2.32. The maximum Gasteiger partial charge on any atom is 0.577 e. The maximum atomic E-state index is 10.8. The van der Waals surface area contributed by atoms with Gasteiger partial charge in [0.25, 0.3) is 0 Å². The Hall–Kier alpha value is -0.970. The molecule has 0 amide bonds. The summed E-state index contributed by atoms with van der Waals surface area (Å²) in [7, 11) is 3.15. The minimum atomic E-state index is -1.26. The summed E-state index contributed by atoms with van der Waals surface area (Å²) >= 11 is 0. The van der Waals surface area contributed by atoms with Crippen molar-refractivity contribution in [3.8, 4) is 0 Å². The average molecular weight is 298 g/mol. The molecule has 0 aromatic heterocycles. The van der Waals surface area contributed by atoms with Gasteiger partial charge >= 0.3 is 6.16 Å². The lowest BCUT2D eigenvalue weighted by atomic mass is 10.3. The predicted molar refractivity (Wildman–Crippen MR) is 63.8 cm³/mol. The van der Waals surface area contributed by atoms with Gasteiger partial charge in [0, 0.05) is 14.2 Å². The van der Waals surface area contributed by atoms with Crippen molar-refractivity contribution >= 4 is 6.16 Å². The molecule has 0 rings (SSSR count). The van der Waals surface area contributed by atoms with E-state index in [-0.39, 0.29) is 25.4 Å². The second kappa shape index (κ2) is 13.0. The lowest BCUT2D eigenvalue weighted by Gasteiger charge is -2.08. The SMILES string of the molecule is COC(C)CCOOOC(=O)OOOCCC(C)OC. The van der Waals surface area contributed by atoms with Crippen LogP contribution in [0.3, 0.4) is 0 Å². The third-order valence-corrected chi connectivity index (χ3v) is 2.32. The van der Waals surface area contributed by atoms with Crippen molar-refractivity contribution in [2.24, 2.45) is 0 Å². The smallest absolute Gasteiger partial charge is 0.382 e. The van der Waals surface area contributed by atoms with Crippen LogP contribution in [0.25, 0.3) is 0 Å². The molecule has 0 fully saturated rings. The minimum absolute atomic E-state index is 0.0109. The van der Waals surface area contributed by atoms with Gasteiger partial charge in [-0.3, -0.25) is 0 Å². The third kappa shape index (κ3) is 12.1. The van der Waals surface area contributed by atoms with Gasteiger partial charge in [-0.15, -0.1) is 0 Å². The Bertz CT molecular complexity index is 214. The number of methoxy groups -OCH3 is 2. The van der Waals surface area contributed by atoms with E-state index in [0.717, 1.165) is 0 Å². The Morgan fingerprint density at radius 1 is 0.850 bits per heavy atom. The molecule has 0 heterocycles. The van der Waals surface area contributed by atoms with Gasteiger partial charge in [0.05, 0.1) is 25.4 Å². The summed E-state index contributed by atoms with van der Waals surface area (Å²) in [5.41, 5.74) is 0. The standard InChI is InChI=1S/C11H22O9/c1-9(13-3)5-7-15-19-17-11(12)18-20-16-8-6-10(2)14-4/h9-10H,5-8H2,1-4H3. The van der Waals surface area contributed by atoms with Gasteiger partial charge in [0.2, 0.25) is 0 Å². The zero-order valence-electron chi connectivity index (χ0n) is 12.2. The Labute approximate surface area is 117 Å². The van der Waals surface area contributed by atoms with Crippen molar-refractivity contribution in [2.75, 3.05) is 27.4 Å². The van der Waals surface area contributed by atoms with Crippen molar-refractivity contribution < 1.29 is 43.9 Å². The Morgan fingerprint density at radius 3 is 1.60 bits per heavy atom. The number of carbonyl (C=O) groups is 1. The molecular formula is C11H22O9. The Kier molecular flexibility index (Phi) is 12.4. The van der Waals surface area contributed by atoms with E-state index < -0.39 is 6.16 Å². The van der Waals surface area contributed by atoms with E-state index in [4.69, 9.17) is 9.47 Å². The molecule has 0 aliphatic heterocycles. The van der Waals surface area contributed by atoms with E-state index in [9.17, 15) is 4.79 Å². The van der Waals surface area contributed by atoms with E-state index in [1.807, 2.05) is 13.8 Å². The summed E-state index contributed by atoms with van der Waals surface area (Å²) in [5.74, 6) is 0. The van der Waals surface area contributed by atoms with Crippen molar-refractivity contribution in [3.63, 3.8) is 0 Å². The van der Waals surface area contributed by atoms with Crippen LogP contribution in [0.15, 0.2) is 0 Å². The average Bonchev–Trinajstić information content (AvgIpc) is 2.45. The monoisotopic (exact) mass is 298 g/mol. The zero-order valence-corrected chi connectivity index (χ0v) is 12.2. The van der Waals surface area contributed by atoms with Gasteiger partial charge in [-0.1, -0.05) is 0 Å². The first-order valence-electron chi connectivity index (χ1n) is 6.12. The molecule has 0 saturated heterocycles. The Balaban J connectivity index is 3.29. The first-order valence-corrected chi connectivity index (χ1v) is 6.12. The molecule has 120 valence electrons. The normalized spacial score (nSPS) is 13.8. The van der Waals surface area contributed by atoms with Crippen LogP contribution in [0.5, 0.6) is 0 Å². The van der Waals surface area contributed by atoms with Crippen LogP contribution in [-0.2, 0) is 39.1 Å². The highest BCUT2D eigenvalue weighted by Gasteiger charge is 2.09. The van der Waals surface area contributed by atoms with Gasteiger partial charge < -0.3 is 9.47 Å². The summed E-state index contributed by atoms with van der Waals surface area (Å²) in [5, 5.41) is 8.23. The molecule has 0 saturated carbocycles. The maximum absolute atomic E-state index is 10.8. The lowest BCUT2D eigenvalue weighted by Crippen LogP contribution is -2.14. The highest BCUT2D eigenvalue weighted by atomic mass is 17.6. The summed E-state index contributed by atoms with van der Waals surface area (Å²) in [6.45, 7) is 4.09. The molecule has 0 aromatic carbocycles. The fourth-order valence-corrected chi connectivity index (χ4v) is 0.849. The van der Waals surface area contributed by atoms with Crippen molar-refractivity contribution in [2.45, 2.75) is 38.9 Å². The molecule has 2 atom stereocenters. The highest BCUT2D eigenvalue weighted by molar-refractivity contribution is 5.57. The van der Waals surface area contributed by atoms with Crippen LogP contribution in [0, 0.1) is 0 Å². The number of ether oxygens (including phenoxy) is 2. The summed E-state index contributed by atoms with van der Waals surface area (Å²) in [4.78, 5) is 28.0. The summed E-state index contributed by atoms with van der Waals surface area (Å²) in [6.07, 6.45) is -0.0866. The summed E-state index contributed by atoms with van der Waals surface area (Å²) < 4.78 is 9.93. The Morgan fingerprint density at radius 2 is 1.25 bits per heavy atom. The zero-order chi connectivity index (χ0) is 15.2. The number of hydrogen-bond donors (Lipinski definition) is 0. The van der Waals surface area contributed by atoms with E-state index >= 15 is 0 Å². The first-order chi connectivity index (χ1) is 9.60. The molecule has 0 radical (unpaired) electrons. The van der Waals surface area contributed by atoms with Gasteiger partial charge in [-0.25, -0.2) is 9.78 Å². The molecule has 9 heteroatoms. The van der Waals surface area contributed by atoms with Gasteiger partial charge in [0.1, 0.15) is 0 Å². The van der Waals surface area contributed by atoms with Crippen molar-refractivity contribution in [1.82, 2.24) is 0 Å². The van der Waals surface area contributed by atoms with Crippen LogP contribution >= 0.6 is 0 Å². The molecule has 0 aliphatic rings. The molecule has 0 aliphatic carbocycles. The number of carbonyl (C=O) groups excluding carboxylic acids is 1. The topological polar surface area (TPSA) is 90.9 Å². The van der Waals surface area contributed by atoms with E-state index in [1.54, 1.807) is 14.2 Å². The van der Waals surface area contributed by atoms with Crippen LogP contribution in [0.4, 0.5) is 4.79 Å². The second-order valence-corrected chi connectivity index (χ2v) is 3.87. The van der Waals surface area contributed by atoms with Gasteiger partial charge in [0.15, 0.2) is 0 Å². The molecule has 20 heavy (non-hydrogen) atoms. The van der Waals surface area contributed by atoms with Crippen LogP contribution in [0.2, 0.25) is 0 Å². The fraction of sp³-hybridized carbons (Fsp3) is 0.909. The molecule has 0 N–H and O–H groups in total. The van der Waals surface area contributed by atoms with Crippen molar-refractivity contribution in [3.05, 3.63) is 0 Å². The largest absolute Gasteiger partial charge is 0.577 e. The molecule has 2 unspecified atom stereocenters. The van der Waals surface area contributed by atoms with Gasteiger partial charge in [-0.05, 0) is 36.8 Å². The first kappa shape index (κ1) is 19.0.